The molecular formula is C11H8O3. The van der Waals surface area contributed by atoms with E-state index in [1.807, 2.05) is 0 Å². The van der Waals surface area contributed by atoms with E-state index in [4.69, 9.17) is 0 Å². The largest absolute Gasteiger partial charge is 0.511 e. The van der Waals surface area contributed by atoms with Gasteiger partial charge in [-0.2, -0.15) is 0 Å². The predicted octanol–water partition coefficient (Wildman–Crippen LogP) is 1.60. The quantitative estimate of drug-likeness (QED) is 0.538. The van der Waals surface area contributed by atoms with Crippen LogP contribution in [0.2, 0.25) is 0 Å². The second kappa shape index (κ2) is 3.10. The molecule has 2 rings (SSSR count). The number of fused-ring (bicyclic) bond motifs is 1. The fourth-order valence-corrected chi connectivity index (χ4v) is 1.53. The maximum atomic E-state index is 11.6. The first-order valence-electron chi connectivity index (χ1n) is 4.23. The second-order valence-electron chi connectivity index (χ2n) is 3.13. The first-order chi connectivity index (χ1) is 6.74. The molecule has 1 aromatic rings. The number of aliphatic hydroxyl groups excluding tert-OH is 1. The lowest BCUT2D eigenvalue weighted by Gasteiger charge is -2.16. The Morgan fingerprint density at radius 2 is 2.00 bits per heavy atom. The van der Waals surface area contributed by atoms with Crippen LogP contribution in [-0.4, -0.2) is 17.2 Å². The molecular weight excluding hydrogens is 180 g/mol. The number of hydrogen-bond donors (Lipinski definition) is 1. The standard InChI is InChI=1S/C11H8O3/c12-6-9-10(13)5-7-3-1-2-4-8(7)11(9)14/h1-6,9,13H. The molecule has 0 saturated heterocycles. The summed E-state index contributed by atoms with van der Waals surface area (Å²) in [6.45, 7) is 0. The second-order valence-corrected chi connectivity index (χ2v) is 3.13. The molecule has 1 N–H and O–H groups in total. The van der Waals surface area contributed by atoms with Crippen LogP contribution in [0.4, 0.5) is 0 Å². The fourth-order valence-electron chi connectivity index (χ4n) is 1.53. The normalized spacial score (nSPS) is 19.9. The predicted molar refractivity (Wildman–Crippen MR) is 50.9 cm³/mol. The van der Waals surface area contributed by atoms with Gasteiger partial charge in [0.25, 0.3) is 0 Å². The highest BCUT2D eigenvalue weighted by molar-refractivity contribution is 6.11. The van der Waals surface area contributed by atoms with Crippen LogP contribution in [0.25, 0.3) is 6.08 Å². The Hall–Kier alpha value is -1.90. The van der Waals surface area contributed by atoms with Gasteiger partial charge >= 0.3 is 0 Å². The van der Waals surface area contributed by atoms with E-state index in [-0.39, 0.29) is 11.5 Å². The number of carbonyl (C=O) groups is 2. The van der Waals surface area contributed by atoms with Crippen LogP contribution in [0, 0.1) is 5.92 Å². The van der Waals surface area contributed by atoms with Crippen LogP contribution in [-0.2, 0) is 4.79 Å². The summed E-state index contributed by atoms with van der Waals surface area (Å²) in [5.41, 5.74) is 1.15. The van der Waals surface area contributed by atoms with E-state index >= 15 is 0 Å². The average molecular weight is 188 g/mol. The van der Waals surface area contributed by atoms with Crippen molar-refractivity contribution in [3.63, 3.8) is 0 Å². The van der Waals surface area contributed by atoms with Gasteiger partial charge in [-0.1, -0.05) is 24.3 Å². The van der Waals surface area contributed by atoms with Gasteiger partial charge in [-0.05, 0) is 11.6 Å². The summed E-state index contributed by atoms with van der Waals surface area (Å²) >= 11 is 0. The molecule has 1 atom stereocenters. The molecule has 0 fully saturated rings. The van der Waals surface area contributed by atoms with Gasteiger partial charge in [0.15, 0.2) is 5.78 Å². The zero-order valence-electron chi connectivity index (χ0n) is 7.31. The zero-order chi connectivity index (χ0) is 10.1. The zero-order valence-corrected chi connectivity index (χ0v) is 7.31. The van der Waals surface area contributed by atoms with Crippen molar-refractivity contribution in [3.05, 3.63) is 41.2 Å². The number of aliphatic hydroxyl groups is 1. The van der Waals surface area contributed by atoms with Crippen LogP contribution < -0.4 is 0 Å². The van der Waals surface area contributed by atoms with Crippen molar-refractivity contribution in [1.82, 2.24) is 0 Å². The average Bonchev–Trinajstić information content (AvgIpc) is 2.18. The lowest BCUT2D eigenvalue weighted by Crippen LogP contribution is -2.22. The van der Waals surface area contributed by atoms with Crippen molar-refractivity contribution in [2.75, 3.05) is 0 Å². The minimum absolute atomic E-state index is 0.177. The van der Waals surface area contributed by atoms with Crippen molar-refractivity contribution >= 4 is 18.1 Å². The van der Waals surface area contributed by atoms with E-state index in [0.717, 1.165) is 0 Å². The van der Waals surface area contributed by atoms with Crippen LogP contribution in [0.3, 0.4) is 0 Å². The molecule has 1 aromatic carbocycles. The highest BCUT2D eigenvalue weighted by Crippen LogP contribution is 2.25. The molecule has 70 valence electrons. The molecule has 3 nitrogen and oxygen atoms in total. The fraction of sp³-hybridized carbons (Fsp3) is 0.0909. The maximum absolute atomic E-state index is 11.6. The summed E-state index contributed by atoms with van der Waals surface area (Å²) in [5, 5.41) is 9.40. The molecule has 1 aliphatic rings. The SMILES string of the molecule is O=CC1C(=O)c2ccccc2C=C1O. The number of hydrogen-bond acceptors (Lipinski definition) is 3. The number of allylic oxidation sites excluding steroid dienone is 1. The minimum Gasteiger partial charge on any atom is -0.511 e. The Bertz CT molecular complexity index is 432. The number of Topliss-reactive ketones (excluding diaryl/α,β-unsaturated/α-hetero) is 1. The molecule has 0 heterocycles. The molecule has 14 heavy (non-hydrogen) atoms. The van der Waals surface area contributed by atoms with Crippen molar-refractivity contribution in [2.24, 2.45) is 5.92 Å². The van der Waals surface area contributed by atoms with Crippen molar-refractivity contribution in [3.8, 4) is 0 Å². The molecule has 0 aromatic heterocycles. The number of rotatable bonds is 1. The first-order valence-corrected chi connectivity index (χ1v) is 4.23. The van der Waals surface area contributed by atoms with Crippen molar-refractivity contribution in [1.29, 1.82) is 0 Å². The topological polar surface area (TPSA) is 54.4 Å². The monoisotopic (exact) mass is 188 g/mol. The molecule has 0 amide bonds. The van der Waals surface area contributed by atoms with Gasteiger partial charge in [-0.3, -0.25) is 4.79 Å². The molecule has 0 aliphatic heterocycles. The van der Waals surface area contributed by atoms with Gasteiger partial charge in [0.1, 0.15) is 18.0 Å². The maximum Gasteiger partial charge on any atom is 0.181 e. The van der Waals surface area contributed by atoms with Gasteiger partial charge in [0, 0.05) is 5.56 Å². The van der Waals surface area contributed by atoms with Crippen molar-refractivity contribution in [2.45, 2.75) is 0 Å². The Balaban J connectivity index is 2.61. The highest BCUT2D eigenvalue weighted by Gasteiger charge is 2.28. The summed E-state index contributed by atoms with van der Waals surface area (Å²) in [5.74, 6) is -1.54. The van der Waals surface area contributed by atoms with Gasteiger partial charge in [0.05, 0.1) is 0 Å². The molecule has 0 saturated carbocycles. The summed E-state index contributed by atoms with van der Waals surface area (Å²) in [7, 11) is 0. The third-order valence-corrected chi connectivity index (χ3v) is 2.27. The Morgan fingerprint density at radius 3 is 2.71 bits per heavy atom. The Morgan fingerprint density at radius 1 is 1.29 bits per heavy atom. The molecule has 3 heteroatoms. The van der Waals surface area contributed by atoms with Crippen LogP contribution in [0.1, 0.15) is 15.9 Å². The van der Waals surface area contributed by atoms with Crippen LogP contribution >= 0.6 is 0 Å². The highest BCUT2D eigenvalue weighted by atomic mass is 16.3. The summed E-state index contributed by atoms with van der Waals surface area (Å²) in [4.78, 5) is 22.2. The lowest BCUT2D eigenvalue weighted by molar-refractivity contribution is -0.109. The molecule has 0 spiro atoms. The Kier molecular flexibility index (Phi) is 1.93. The van der Waals surface area contributed by atoms with E-state index in [1.165, 1.54) is 6.08 Å². The molecule has 0 bridgehead atoms. The van der Waals surface area contributed by atoms with Gasteiger partial charge in [0.2, 0.25) is 0 Å². The van der Waals surface area contributed by atoms with Gasteiger partial charge in [-0.25, -0.2) is 0 Å². The number of carbonyl (C=O) groups excluding carboxylic acids is 2. The molecule has 0 radical (unpaired) electrons. The number of aldehydes is 1. The van der Waals surface area contributed by atoms with E-state index < -0.39 is 5.92 Å². The van der Waals surface area contributed by atoms with E-state index in [2.05, 4.69) is 0 Å². The molecule has 1 aliphatic carbocycles. The number of benzene rings is 1. The Labute approximate surface area is 80.7 Å². The van der Waals surface area contributed by atoms with E-state index in [9.17, 15) is 14.7 Å². The minimum atomic E-state index is -1.02. The molecule has 1 unspecified atom stereocenters. The van der Waals surface area contributed by atoms with Crippen LogP contribution in [0.5, 0.6) is 0 Å². The van der Waals surface area contributed by atoms with E-state index in [0.29, 0.717) is 17.4 Å². The number of ketones is 1. The summed E-state index contributed by atoms with van der Waals surface area (Å²) in [6.07, 6.45) is 1.92. The lowest BCUT2D eigenvalue weighted by atomic mass is 9.88. The van der Waals surface area contributed by atoms with Gasteiger partial charge in [-0.15, -0.1) is 0 Å². The third kappa shape index (κ3) is 1.14. The summed E-state index contributed by atoms with van der Waals surface area (Å²) < 4.78 is 0. The smallest absolute Gasteiger partial charge is 0.181 e. The van der Waals surface area contributed by atoms with E-state index in [1.54, 1.807) is 24.3 Å². The van der Waals surface area contributed by atoms with Crippen molar-refractivity contribution < 1.29 is 14.7 Å². The third-order valence-electron chi connectivity index (χ3n) is 2.27. The van der Waals surface area contributed by atoms with Gasteiger partial charge < -0.3 is 9.90 Å². The first kappa shape index (κ1) is 8.69. The van der Waals surface area contributed by atoms with Crippen LogP contribution in [0.15, 0.2) is 30.0 Å². The summed E-state index contributed by atoms with van der Waals surface area (Å²) in [6, 6.07) is 6.88.